The maximum absolute atomic E-state index is 6.22. The second-order valence-corrected chi connectivity index (χ2v) is 6.78. The van der Waals surface area contributed by atoms with E-state index in [0.29, 0.717) is 0 Å². The molecule has 1 aromatic heterocycles. The zero-order valence-corrected chi connectivity index (χ0v) is 23.0. The Balaban J connectivity index is -0.000000607. The van der Waals surface area contributed by atoms with Crippen LogP contribution in [0.15, 0.2) is 40.8 Å². The van der Waals surface area contributed by atoms with E-state index in [9.17, 15) is 0 Å². The maximum Gasteiger partial charge on any atom is 0.120 e. The van der Waals surface area contributed by atoms with E-state index in [4.69, 9.17) is 15.1 Å². The zero-order valence-electron chi connectivity index (χ0n) is 20.6. The Morgan fingerprint density at radius 1 is 0.645 bits per heavy atom. The number of rotatable bonds is 8. The van der Waals surface area contributed by atoms with Gasteiger partial charge in [0.15, 0.2) is 0 Å². The molecule has 3 rings (SSSR count). The highest BCUT2D eigenvalue weighted by Crippen LogP contribution is 2.40. The highest BCUT2D eigenvalue weighted by Gasteiger charge is 2.07. The van der Waals surface area contributed by atoms with Crippen molar-refractivity contribution < 1.29 is 4.42 Å². The number of hydrogen-bond acceptors (Lipinski definition) is 3. The number of fused-ring (bicyclic) bond motifs is 3. The number of hydrogen-bond donors (Lipinski definition) is 0. The third-order valence-corrected chi connectivity index (χ3v) is 4.14. The van der Waals surface area contributed by atoms with Gasteiger partial charge < -0.3 is 54.6 Å². The average molecular weight is 453 g/mol. The quantitative estimate of drug-likeness (QED) is 0.323. The smallest absolute Gasteiger partial charge is 0.120 e. The first-order valence-electron chi connectivity index (χ1n) is 8.65. The first kappa shape index (κ1) is 37.2. The number of para-hydroxylation sites is 2. The Bertz CT molecular complexity index is 782. The van der Waals surface area contributed by atoms with Gasteiger partial charge >= 0.3 is 0 Å². The lowest BCUT2D eigenvalue weighted by molar-refractivity contribution is 0.428. The van der Waals surface area contributed by atoms with E-state index < -0.39 is 0 Å². The SMILES string of the molecule is CN(C)CC[N-]c1cccc2c1oc1c([N-]CCN(C)C)cccc12.[Al].[Al].[CH3-].[CH3-].[CH3-].[CH3-]. The van der Waals surface area contributed by atoms with Gasteiger partial charge in [-0.25, -0.2) is 0 Å². The summed E-state index contributed by atoms with van der Waals surface area (Å²) in [6.07, 6.45) is 0. The lowest BCUT2D eigenvalue weighted by Gasteiger charge is -2.24. The molecule has 0 N–H and O–H groups in total. The molecule has 0 aliphatic heterocycles. The molecular weight excluding hydrogens is 414 g/mol. The average Bonchev–Trinajstić information content (AvgIpc) is 2.95. The fourth-order valence-electron chi connectivity index (χ4n) is 2.78. The van der Waals surface area contributed by atoms with Gasteiger partial charge in [0, 0.05) is 45.5 Å². The van der Waals surface area contributed by atoms with Gasteiger partial charge in [-0.05, 0) is 41.3 Å². The van der Waals surface area contributed by atoms with Crippen molar-refractivity contribution in [1.82, 2.24) is 9.80 Å². The largest absolute Gasteiger partial charge is 0.680 e. The minimum Gasteiger partial charge on any atom is -0.680 e. The summed E-state index contributed by atoms with van der Waals surface area (Å²) in [4.78, 5) is 4.26. The molecule has 0 spiro atoms. The Morgan fingerprint density at radius 2 is 1.00 bits per heavy atom. The number of nitrogens with zero attached hydrogens (tertiary/aromatic N) is 4. The molecule has 0 fully saturated rings. The lowest BCUT2D eigenvalue weighted by Crippen LogP contribution is -2.15. The molecule has 0 saturated carbocycles. The van der Waals surface area contributed by atoms with Crippen LogP contribution in [0.5, 0.6) is 0 Å². The molecule has 172 valence electrons. The van der Waals surface area contributed by atoms with Gasteiger partial charge in [0.25, 0.3) is 0 Å². The fraction of sp³-hybridized carbons (Fsp3) is 0.333. The predicted octanol–water partition coefficient (Wildman–Crippen LogP) is 5.76. The van der Waals surface area contributed by atoms with Crippen LogP contribution in [0.4, 0.5) is 11.4 Å². The standard InChI is InChI=1S/C20H26N4O.4CH3.2Al/c1-23(2)13-11-21-17-9-5-7-15-16-8-6-10-18(20(16)25-19(15)17)22-12-14-24(3)4;;;;;;/h5-10H,11-14H2,1-4H3;4*1H3;;/q-2;4*-1;;. The second-order valence-electron chi connectivity index (χ2n) is 6.78. The Kier molecular flexibility index (Phi) is 20.8. The molecule has 0 atom stereocenters. The monoisotopic (exact) mass is 452 g/mol. The van der Waals surface area contributed by atoms with Crippen molar-refractivity contribution in [3.05, 3.63) is 76.7 Å². The van der Waals surface area contributed by atoms with Crippen LogP contribution >= 0.6 is 0 Å². The van der Waals surface area contributed by atoms with Crippen molar-refractivity contribution >= 4 is 68.0 Å². The summed E-state index contributed by atoms with van der Waals surface area (Å²) in [5, 5.41) is 11.6. The van der Waals surface area contributed by atoms with Crippen LogP contribution in [0.25, 0.3) is 32.6 Å². The second kappa shape index (κ2) is 17.4. The Morgan fingerprint density at radius 3 is 1.32 bits per heavy atom. The minimum absolute atomic E-state index is 0. The van der Waals surface area contributed by atoms with Crippen LogP contribution in [0.2, 0.25) is 0 Å². The summed E-state index contributed by atoms with van der Waals surface area (Å²) in [7, 11) is 8.22. The Hall–Kier alpha value is -1.18. The number of likely N-dealkylation sites (N-methyl/N-ethyl adjacent to an activating group) is 2. The van der Waals surface area contributed by atoms with Crippen LogP contribution in [-0.4, -0.2) is 98.9 Å². The van der Waals surface area contributed by atoms with Gasteiger partial charge in [-0.1, -0.05) is 47.8 Å². The molecule has 0 amide bonds. The van der Waals surface area contributed by atoms with E-state index in [1.807, 2.05) is 24.3 Å². The molecule has 6 radical (unpaired) electrons. The number of furan rings is 1. The summed E-state index contributed by atoms with van der Waals surface area (Å²) in [6.45, 7) is 3.34. The first-order valence-corrected chi connectivity index (χ1v) is 8.65. The molecular formula is C24H38Al2N4O-6. The summed E-state index contributed by atoms with van der Waals surface area (Å²) in [5.74, 6) is 0. The van der Waals surface area contributed by atoms with Crippen LogP contribution in [0.1, 0.15) is 0 Å². The van der Waals surface area contributed by atoms with Crippen LogP contribution in [0, 0.1) is 29.7 Å². The molecule has 0 aliphatic rings. The highest BCUT2D eigenvalue weighted by molar-refractivity contribution is 6.12. The van der Waals surface area contributed by atoms with Crippen LogP contribution < -0.4 is 0 Å². The molecule has 1 heterocycles. The van der Waals surface area contributed by atoms with E-state index in [-0.39, 0.29) is 64.4 Å². The molecule has 2 aromatic carbocycles. The van der Waals surface area contributed by atoms with Gasteiger partial charge in [-0.2, -0.15) is 0 Å². The Labute approximate surface area is 212 Å². The lowest BCUT2D eigenvalue weighted by atomic mass is 10.1. The molecule has 3 aromatic rings. The van der Waals surface area contributed by atoms with E-state index in [1.165, 1.54) is 0 Å². The van der Waals surface area contributed by atoms with Gasteiger partial charge in [0.2, 0.25) is 0 Å². The molecule has 0 aliphatic carbocycles. The molecule has 0 bridgehead atoms. The van der Waals surface area contributed by atoms with Gasteiger partial charge in [0.1, 0.15) is 11.2 Å². The van der Waals surface area contributed by atoms with E-state index in [1.54, 1.807) is 0 Å². The summed E-state index contributed by atoms with van der Waals surface area (Å²) >= 11 is 0. The van der Waals surface area contributed by atoms with E-state index in [0.717, 1.165) is 59.5 Å². The molecule has 31 heavy (non-hydrogen) atoms. The van der Waals surface area contributed by atoms with Crippen LogP contribution in [-0.2, 0) is 0 Å². The molecule has 7 heteroatoms. The van der Waals surface area contributed by atoms with Crippen molar-refractivity contribution in [3.63, 3.8) is 0 Å². The highest BCUT2D eigenvalue weighted by atomic mass is 27.0. The van der Waals surface area contributed by atoms with Gasteiger partial charge in [-0.3, -0.25) is 0 Å². The van der Waals surface area contributed by atoms with Crippen LogP contribution in [0.3, 0.4) is 0 Å². The predicted molar refractivity (Wildman–Crippen MR) is 144 cm³/mol. The molecule has 5 nitrogen and oxygen atoms in total. The van der Waals surface area contributed by atoms with Gasteiger partial charge in [-0.15, -0.1) is 13.1 Å². The third-order valence-electron chi connectivity index (χ3n) is 4.14. The van der Waals surface area contributed by atoms with Crippen molar-refractivity contribution in [2.24, 2.45) is 0 Å². The summed E-state index contributed by atoms with van der Waals surface area (Å²) in [6, 6.07) is 12.3. The maximum atomic E-state index is 6.22. The summed E-state index contributed by atoms with van der Waals surface area (Å²) < 4.78 is 6.22. The minimum atomic E-state index is 0. The topological polar surface area (TPSA) is 47.8 Å². The molecule has 0 saturated heterocycles. The normalized spacial score (nSPS) is 9.48. The van der Waals surface area contributed by atoms with Crippen molar-refractivity contribution in [2.45, 2.75) is 0 Å². The fourth-order valence-corrected chi connectivity index (χ4v) is 2.78. The van der Waals surface area contributed by atoms with Gasteiger partial charge in [0.05, 0.1) is 0 Å². The van der Waals surface area contributed by atoms with Crippen molar-refractivity contribution in [2.75, 3.05) is 54.4 Å². The first-order chi connectivity index (χ1) is 12.1. The van der Waals surface area contributed by atoms with Crippen molar-refractivity contribution in [3.8, 4) is 0 Å². The third kappa shape index (κ3) is 9.46. The molecule has 0 unspecified atom stereocenters. The van der Waals surface area contributed by atoms with E-state index in [2.05, 4.69) is 50.1 Å². The van der Waals surface area contributed by atoms with Crippen molar-refractivity contribution in [1.29, 1.82) is 0 Å². The van der Waals surface area contributed by atoms with E-state index >= 15 is 0 Å². The number of benzene rings is 2. The zero-order chi connectivity index (χ0) is 17.8. The summed E-state index contributed by atoms with van der Waals surface area (Å²) in [5.41, 5.74) is 3.53.